The van der Waals surface area contributed by atoms with Crippen molar-refractivity contribution in [2.24, 2.45) is 5.41 Å². The second kappa shape index (κ2) is 14.6. The SMILES string of the molecule is CN[C@@H](C)C(=O)N[C@H](C(=O)N(C(=O)C1CCCN1)c1cc2c(Nc3ccc(N4CCCCC4)cc3)ncnc2cc1OC)C(C)(C)C. The molecule has 12 nitrogen and oxygen atoms in total. The molecule has 0 radical (unpaired) electrons. The van der Waals surface area contributed by atoms with Gasteiger partial charge in [0.2, 0.25) is 5.91 Å². The molecule has 4 N–H and O–H groups in total. The van der Waals surface area contributed by atoms with Crippen molar-refractivity contribution < 1.29 is 19.1 Å². The zero-order chi connectivity index (χ0) is 33.7. The second-order valence-corrected chi connectivity index (χ2v) is 13.5. The number of nitrogens with one attached hydrogen (secondary N) is 4. The fraction of sp³-hybridized carbons (Fsp3) is 0.514. The molecule has 2 fully saturated rings. The van der Waals surface area contributed by atoms with Gasteiger partial charge in [0.1, 0.15) is 23.9 Å². The molecule has 1 unspecified atom stereocenters. The number of anilines is 4. The van der Waals surface area contributed by atoms with Gasteiger partial charge in [-0.15, -0.1) is 0 Å². The summed E-state index contributed by atoms with van der Waals surface area (Å²) < 4.78 is 5.78. The fourth-order valence-corrected chi connectivity index (χ4v) is 6.13. The van der Waals surface area contributed by atoms with E-state index in [1.54, 1.807) is 26.1 Å². The van der Waals surface area contributed by atoms with Crippen LogP contribution in [-0.2, 0) is 14.4 Å². The maximum Gasteiger partial charge on any atom is 0.257 e. The van der Waals surface area contributed by atoms with Crippen LogP contribution in [0.5, 0.6) is 5.75 Å². The number of nitrogens with zero attached hydrogens (tertiary/aromatic N) is 4. The smallest absolute Gasteiger partial charge is 0.257 e. The first-order valence-electron chi connectivity index (χ1n) is 16.6. The van der Waals surface area contributed by atoms with Crippen LogP contribution in [0.25, 0.3) is 10.9 Å². The van der Waals surface area contributed by atoms with Crippen LogP contribution in [0, 0.1) is 5.41 Å². The summed E-state index contributed by atoms with van der Waals surface area (Å²) in [5, 5.41) is 13.1. The third kappa shape index (κ3) is 7.65. The first kappa shape index (κ1) is 34.1. The molecule has 2 saturated heterocycles. The van der Waals surface area contributed by atoms with Crippen molar-refractivity contribution in [2.45, 2.75) is 77.9 Å². The van der Waals surface area contributed by atoms with Crippen LogP contribution in [0.2, 0.25) is 0 Å². The second-order valence-electron chi connectivity index (χ2n) is 13.5. The Hall–Kier alpha value is -4.29. The predicted octanol–water partition coefficient (Wildman–Crippen LogP) is 4.12. The molecule has 2 aliphatic rings. The van der Waals surface area contributed by atoms with Crippen molar-refractivity contribution in [3.8, 4) is 5.75 Å². The lowest BCUT2D eigenvalue weighted by Gasteiger charge is -2.36. The van der Waals surface area contributed by atoms with Gasteiger partial charge in [-0.3, -0.25) is 14.4 Å². The first-order valence-corrected chi connectivity index (χ1v) is 16.6. The lowest BCUT2D eigenvalue weighted by molar-refractivity contribution is -0.134. The topological polar surface area (TPSA) is 141 Å². The standard InChI is InChI=1S/C35H48N8O4/c1-22(36-5)32(44)41-30(35(2,3)4)34(46)43(33(45)26-11-10-16-37-26)28-19-25-27(20-29(28)47-6)38-21-39-31(25)40-23-12-14-24(15-13-23)42-17-8-7-9-18-42/h12-15,19-22,26,30,36-37H,7-11,16-18H2,1-6H3,(H,41,44)(H,38,39,40)/t22-,26?,30+/m0/s1. The molecule has 3 atom stereocenters. The van der Waals surface area contributed by atoms with E-state index >= 15 is 0 Å². The molecular weight excluding hydrogens is 596 g/mol. The Morgan fingerprint density at radius 2 is 1.77 bits per heavy atom. The van der Waals surface area contributed by atoms with Crippen LogP contribution in [-0.4, -0.2) is 79.6 Å². The highest BCUT2D eigenvalue weighted by molar-refractivity contribution is 6.20. The summed E-state index contributed by atoms with van der Waals surface area (Å²) in [6.45, 7) is 10.1. The molecule has 3 aromatic rings. The Morgan fingerprint density at radius 1 is 1.04 bits per heavy atom. The lowest BCUT2D eigenvalue weighted by atomic mass is 9.85. The minimum atomic E-state index is -1.01. The third-order valence-corrected chi connectivity index (χ3v) is 9.05. The van der Waals surface area contributed by atoms with Gasteiger partial charge in [-0.2, -0.15) is 0 Å². The molecule has 2 aliphatic heterocycles. The Labute approximate surface area is 277 Å². The summed E-state index contributed by atoms with van der Waals surface area (Å²) in [6, 6.07) is 9.58. The van der Waals surface area contributed by atoms with Crippen molar-refractivity contribution in [1.29, 1.82) is 0 Å². The van der Waals surface area contributed by atoms with Gasteiger partial charge in [0.25, 0.3) is 11.8 Å². The first-order chi connectivity index (χ1) is 22.5. The fourth-order valence-electron chi connectivity index (χ4n) is 6.13. The van der Waals surface area contributed by atoms with Crippen LogP contribution in [0.3, 0.4) is 0 Å². The summed E-state index contributed by atoms with van der Waals surface area (Å²) in [5.74, 6) is -0.480. The normalized spacial score (nSPS) is 18.0. The Morgan fingerprint density at radius 3 is 2.38 bits per heavy atom. The van der Waals surface area contributed by atoms with Gasteiger partial charge < -0.3 is 30.9 Å². The number of amides is 3. The van der Waals surface area contributed by atoms with Gasteiger partial charge in [-0.25, -0.2) is 14.9 Å². The monoisotopic (exact) mass is 644 g/mol. The summed E-state index contributed by atoms with van der Waals surface area (Å²) in [6.07, 6.45) is 6.55. The number of hydrogen-bond acceptors (Lipinski definition) is 10. The van der Waals surface area contributed by atoms with Crippen molar-refractivity contribution in [2.75, 3.05) is 48.9 Å². The zero-order valence-corrected chi connectivity index (χ0v) is 28.4. The van der Waals surface area contributed by atoms with Crippen LogP contribution in [0.4, 0.5) is 22.9 Å². The molecule has 12 heteroatoms. The molecule has 0 aliphatic carbocycles. The number of piperidine rings is 1. The molecule has 47 heavy (non-hydrogen) atoms. The van der Waals surface area contributed by atoms with E-state index in [1.807, 2.05) is 32.9 Å². The quantitative estimate of drug-likeness (QED) is 0.255. The van der Waals surface area contributed by atoms with Gasteiger partial charge in [0.15, 0.2) is 0 Å². The van der Waals surface area contributed by atoms with Crippen molar-refractivity contribution in [3.05, 3.63) is 42.7 Å². The van der Waals surface area contributed by atoms with Gasteiger partial charge >= 0.3 is 0 Å². The highest BCUT2D eigenvalue weighted by Gasteiger charge is 2.42. The number of hydrogen-bond donors (Lipinski definition) is 4. The third-order valence-electron chi connectivity index (χ3n) is 9.05. The average molecular weight is 645 g/mol. The van der Waals surface area contributed by atoms with Crippen LogP contribution < -0.4 is 35.8 Å². The number of ether oxygens (including phenoxy) is 1. The van der Waals surface area contributed by atoms with E-state index in [0.717, 1.165) is 25.2 Å². The number of benzene rings is 2. The highest BCUT2D eigenvalue weighted by Crippen LogP contribution is 2.38. The van der Waals surface area contributed by atoms with E-state index in [0.29, 0.717) is 35.4 Å². The maximum absolute atomic E-state index is 14.6. The molecule has 3 heterocycles. The Balaban J connectivity index is 1.56. The number of methoxy groups -OCH3 is 1. The Bertz CT molecular complexity index is 1580. The van der Waals surface area contributed by atoms with E-state index in [1.165, 1.54) is 43.3 Å². The van der Waals surface area contributed by atoms with E-state index in [4.69, 9.17) is 4.74 Å². The predicted molar refractivity (Wildman–Crippen MR) is 185 cm³/mol. The average Bonchev–Trinajstić information content (AvgIpc) is 3.62. The summed E-state index contributed by atoms with van der Waals surface area (Å²) in [7, 11) is 3.17. The highest BCUT2D eigenvalue weighted by atomic mass is 16.5. The van der Waals surface area contributed by atoms with Crippen LogP contribution in [0.15, 0.2) is 42.7 Å². The number of fused-ring (bicyclic) bond motifs is 1. The van der Waals surface area contributed by atoms with E-state index in [9.17, 15) is 14.4 Å². The largest absolute Gasteiger partial charge is 0.494 e. The molecule has 1 aromatic heterocycles. The molecule has 252 valence electrons. The number of aromatic nitrogens is 2. The molecule has 5 rings (SSSR count). The minimum Gasteiger partial charge on any atom is -0.494 e. The molecule has 0 bridgehead atoms. The van der Waals surface area contributed by atoms with E-state index in [2.05, 4.69) is 48.3 Å². The van der Waals surface area contributed by atoms with Gasteiger partial charge in [0.05, 0.1) is 30.4 Å². The van der Waals surface area contributed by atoms with E-state index in [-0.39, 0.29) is 11.6 Å². The van der Waals surface area contributed by atoms with Crippen molar-refractivity contribution in [1.82, 2.24) is 25.9 Å². The Kier molecular flexibility index (Phi) is 10.6. The molecule has 0 saturated carbocycles. The van der Waals surface area contributed by atoms with Gasteiger partial charge in [-0.05, 0) is 88.4 Å². The number of rotatable bonds is 10. The molecule has 2 aromatic carbocycles. The molecule has 3 amide bonds. The number of carbonyl (C=O) groups is 3. The van der Waals surface area contributed by atoms with Crippen LogP contribution >= 0.6 is 0 Å². The van der Waals surface area contributed by atoms with Crippen LogP contribution in [0.1, 0.15) is 59.8 Å². The summed E-state index contributed by atoms with van der Waals surface area (Å²) in [4.78, 5) is 54.5. The number of likely N-dealkylation sites (N-methyl/N-ethyl adjacent to an activating group) is 1. The summed E-state index contributed by atoms with van der Waals surface area (Å²) >= 11 is 0. The minimum absolute atomic E-state index is 0.257. The van der Waals surface area contributed by atoms with Gasteiger partial charge in [0, 0.05) is 35.9 Å². The zero-order valence-electron chi connectivity index (χ0n) is 28.4. The van der Waals surface area contributed by atoms with Crippen molar-refractivity contribution >= 4 is 51.5 Å². The van der Waals surface area contributed by atoms with E-state index < -0.39 is 35.4 Å². The molecule has 0 spiro atoms. The van der Waals surface area contributed by atoms with Gasteiger partial charge in [-0.1, -0.05) is 20.8 Å². The molecular formula is C35H48N8O4. The maximum atomic E-state index is 14.6. The lowest BCUT2D eigenvalue weighted by Crippen LogP contribution is -2.60. The van der Waals surface area contributed by atoms with Crippen molar-refractivity contribution in [3.63, 3.8) is 0 Å². The number of carbonyl (C=O) groups excluding carboxylic acids is 3. The number of imide groups is 1. The summed E-state index contributed by atoms with van der Waals surface area (Å²) in [5.41, 5.74) is 2.15.